The molecule has 1 unspecified atom stereocenters. The molecule has 0 saturated carbocycles. The Morgan fingerprint density at radius 2 is 1.84 bits per heavy atom. The summed E-state index contributed by atoms with van der Waals surface area (Å²) in [5, 5.41) is 2.92. The SMILES string of the molecule is Cc1cnc(C)c(N2CCN(C(=O)CC3C(=O)NCCN3Cc3ccccc3)CC2)n1. The summed E-state index contributed by atoms with van der Waals surface area (Å²) in [4.78, 5) is 40.8. The third-order valence-corrected chi connectivity index (χ3v) is 6.02. The Labute approximate surface area is 183 Å². The molecule has 1 aromatic carbocycles. The van der Waals surface area contributed by atoms with Gasteiger partial charge in [0.1, 0.15) is 5.82 Å². The number of carbonyl (C=O) groups excluding carboxylic acids is 2. The summed E-state index contributed by atoms with van der Waals surface area (Å²) in [5.74, 6) is 0.874. The van der Waals surface area contributed by atoms with Crippen LogP contribution in [0.2, 0.25) is 0 Å². The van der Waals surface area contributed by atoms with E-state index in [4.69, 9.17) is 0 Å². The van der Waals surface area contributed by atoms with Crippen LogP contribution < -0.4 is 10.2 Å². The number of nitrogens with zero attached hydrogens (tertiary/aromatic N) is 5. The van der Waals surface area contributed by atoms with Crippen molar-refractivity contribution >= 4 is 17.6 Å². The standard InChI is InChI=1S/C23H30N6O2/c1-17-15-25-18(2)22(26-17)28-12-10-27(11-13-28)21(30)14-20-23(31)24-8-9-29(20)16-19-6-4-3-5-7-19/h3-7,15,20H,8-14,16H2,1-2H3,(H,24,31). The van der Waals surface area contributed by atoms with Crippen molar-refractivity contribution in [1.82, 2.24) is 25.1 Å². The van der Waals surface area contributed by atoms with Crippen molar-refractivity contribution in [3.8, 4) is 0 Å². The van der Waals surface area contributed by atoms with Crippen molar-refractivity contribution in [3.63, 3.8) is 0 Å². The van der Waals surface area contributed by atoms with Crippen molar-refractivity contribution in [3.05, 3.63) is 53.5 Å². The summed E-state index contributed by atoms with van der Waals surface area (Å²) >= 11 is 0. The van der Waals surface area contributed by atoms with E-state index in [9.17, 15) is 9.59 Å². The van der Waals surface area contributed by atoms with Gasteiger partial charge >= 0.3 is 0 Å². The van der Waals surface area contributed by atoms with Crippen LogP contribution in [-0.4, -0.2) is 76.9 Å². The number of aryl methyl sites for hydroxylation is 2. The van der Waals surface area contributed by atoms with E-state index in [2.05, 4.69) is 37.2 Å². The van der Waals surface area contributed by atoms with Crippen LogP contribution in [0.15, 0.2) is 36.5 Å². The summed E-state index contributed by atoms with van der Waals surface area (Å²) in [7, 11) is 0. The predicted molar refractivity (Wildman–Crippen MR) is 119 cm³/mol. The molecule has 2 saturated heterocycles. The molecule has 0 aliphatic carbocycles. The number of aromatic nitrogens is 2. The predicted octanol–water partition coefficient (Wildman–Crippen LogP) is 1.13. The third-order valence-electron chi connectivity index (χ3n) is 6.02. The monoisotopic (exact) mass is 422 g/mol. The van der Waals surface area contributed by atoms with Gasteiger partial charge in [-0.25, -0.2) is 4.98 Å². The lowest BCUT2D eigenvalue weighted by atomic mass is 10.1. The smallest absolute Gasteiger partial charge is 0.237 e. The fraction of sp³-hybridized carbons (Fsp3) is 0.478. The zero-order valence-electron chi connectivity index (χ0n) is 18.3. The van der Waals surface area contributed by atoms with Crippen molar-refractivity contribution < 1.29 is 9.59 Å². The Bertz CT molecular complexity index is 927. The molecule has 0 spiro atoms. The van der Waals surface area contributed by atoms with Crippen LogP contribution in [0.1, 0.15) is 23.4 Å². The molecule has 1 N–H and O–H groups in total. The van der Waals surface area contributed by atoms with E-state index in [0.717, 1.165) is 42.4 Å². The molecule has 3 heterocycles. The minimum atomic E-state index is -0.427. The van der Waals surface area contributed by atoms with Gasteiger partial charge in [0.2, 0.25) is 11.8 Å². The molecule has 0 bridgehead atoms. The first-order valence-electron chi connectivity index (χ1n) is 10.9. The number of hydrogen-bond acceptors (Lipinski definition) is 6. The molecule has 1 atom stereocenters. The normalized spacial score (nSPS) is 19.9. The first kappa shape index (κ1) is 21.2. The second kappa shape index (κ2) is 9.43. The highest BCUT2D eigenvalue weighted by Crippen LogP contribution is 2.19. The lowest BCUT2D eigenvalue weighted by Gasteiger charge is -2.38. The average Bonchev–Trinajstić information content (AvgIpc) is 2.78. The van der Waals surface area contributed by atoms with E-state index in [1.807, 2.05) is 36.9 Å². The van der Waals surface area contributed by atoms with E-state index in [1.54, 1.807) is 6.20 Å². The fourth-order valence-electron chi connectivity index (χ4n) is 4.28. The van der Waals surface area contributed by atoms with E-state index in [1.165, 1.54) is 0 Å². The lowest BCUT2D eigenvalue weighted by Crippen LogP contribution is -2.57. The Hall–Kier alpha value is -3.00. The molecule has 2 amide bonds. The molecule has 1 aromatic heterocycles. The summed E-state index contributed by atoms with van der Waals surface area (Å²) in [6.07, 6.45) is 1.98. The third kappa shape index (κ3) is 5.02. The van der Waals surface area contributed by atoms with E-state index in [0.29, 0.717) is 26.2 Å². The molecule has 164 valence electrons. The lowest BCUT2D eigenvalue weighted by molar-refractivity contribution is -0.139. The number of carbonyl (C=O) groups is 2. The summed E-state index contributed by atoms with van der Waals surface area (Å²) in [6, 6.07) is 9.67. The zero-order chi connectivity index (χ0) is 21.8. The van der Waals surface area contributed by atoms with Crippen molar-refractivity contribution in [1.29, 1.82) is 0 Å². The first-order valence-corrected chi connectivity index (χ1v) is 10.9. The van der Waals surface area contributed by atoms with Gasteiger partial charge in [-0.1, -0.05) is 30.3 Å². The Morgan fingerprint density at radius 1 is 1.10 bits per heavy atom. The van der Waals surface area contributed by atoms with Crippen LogP contribution >= 0.6 is 0 Å². The van der Waals surface area contributed by atoms with Gasteiger partial charge in [0.25, 0.3) is 0 Å². The van der Waals surface area contributed by atoms with Gasteiger partial charge in [-0.15, -0.1) is 0 Å². The quantitative estimate of drug-likeness (QED) is 0.778. The van der Waals surface area contributed by atoms with Crippen LogP contribution in [0, 0.1) is 13.8 Å². The van der Waals surface area contributed by atoms with Gasteiger partial charge in [-0.2, -0.15) is 0 Å². The number of hydrogen-bond donors (Lipinski definition) is 1. The van der Waals surface area contributed by atoms with Crippen LogP contribution in [0.5, 0.6) is 0 Å². The second-order valence-corrected chi connectivity index (χ2v) is 8.26. The Morgan fingerprint density at radius 3 is 2.58 bits per heavy atom. The Balaban J connectivity index is 1.37. The van der Waals surface area contributed by atoms with E-state index < -0.39 is 6.04 Å². The molecule has 4 rings (SSSR count). The largest absolute Gasteiger partial charge is 0.353 e. The first-order chi connectivity index (χ1) is 15.0. The molecular weight excluding hydrogens is 392 g/mol. The molecule has 8 heteroatoms. The number of benzene rings is 1. The Kier molecular flexibility index (Phi) is 6.46. The minimum Gasteiger partial charge on any atom is -0.353 e. The molecule has 2 aliphatic rings. The zero-order valence-corrected chi connectivity index (χ0v) is 18.3. The highest BCUT2D eigenvalue weighted by molar-refractivity contribution is 5.89. The maximum Gasteiger partial charge on any atom is 0.237 e. The van der Waals surface area contributed by atoms with Gasteiger partial charge in [-0.3, -0.25) is 19.5 Å². The molecule has 2 aliphatic heterocycles. The number of amides is 2. The van der Waals surface area contributed by atoms with Gasteiger partial charge in [0.15, 0.2) is 0 Å². The van der Waals surface area contributed by atoms with Crippen LogP contribution in [0.25, 0.3) is 0 Å². The maximum atomic E-state index is 13.0. The highest BCUT2D eigenvalue weighted by atomic mass is 16.2. The summed E-state index contributed by atoms with van der Waals surface area (Å²) in [5.41, 5.74) is 2.94. The van der Waals surface area contributed by atoms with Crippen LogP contribution in [0.4, 0.5) is 5.82 Å². The van der Waals surface area contributed by atoms with Gasteiger partial charge in [0.05, 0.1) is 23.9 Å². The molecule has 31 heavy (non-hydrogen) atoms. The van der Waals surface area contributed by atoms with Gasteiger partial charge < -0.3 is 15.1 Å². The van der Waals surface area contributed by atoms with Gasteiger partial charge in [-0.05, 0) is 19.4 Å². The molecule has 2 aromatic rings. The number of nitrogens with one attached hydrogen (secondary N) is 1. The van der Waals surface area contributed by atoms with Crippen LogP contribution in [0.3, 0.4) is 0 Å². The van der Waals surface area contributed by atoms with Crippen LogP contribution in [-0.2, 0) is 16.1 Å². The van der Waals surface area contributed by atoms with Crippen molar-refractivity contribution in [2.24, 2.45) is 0 Å². The maximum absolute atomic E-state index is 13.0. The minimum absolute atomic E-state index is 0.0341. The van der Waals surface area contributed by atoms with E-state index >= 15 is 0 Å². The summed E-state index contributed by atoms with van der Waals surface area (Å²) in [6.45, 7) is 8.62. The number of anilines is 1. The summed E-state index contributed by atoms with van der Waals surface area (Å²) < 4.78 is 0. The fourth-order valence-corrected chi connectivity index (χ4v) is 4.28. The van der Waals surface area contributed by atoms with Gasteiger partial charge in [0, 0.05) is 52.0 Å². The molecule has 2 fully saturated rings. The van der Waals surface area contributed by atoms with Crippen molar-refractivity contribution in [2.45, 2.75) is 32.9 Å². The second-order valence-electron chi connectivity index (χ2n) is 8.26. The topological polar surface area (TPSA) is 81.7 Å². The number of piperazine rings is 2. The number of rotatable bonds is 5. The molecule has 8 nitrogen and oxygen atoms in total. The van der Waals surface area contributed by atoms with Crippen molar-refractivity contribution in [2.75, 3.05) is 44.2 Å². The molecular formula is C23H30N6O2. The molecule has 0 radical (unpaired) electrons. The van der Waals surface area contributed by atoms with E-state index in [-0.39, 0.29) is 18.2 Å². The average molecular weight is 423 g/mol. The highest BCUT2D eigenvalue weighted by Gasteiger charge is 2.33.